The van der Waals surface area contributed by atoms with Crippen LogP contribution >= 0.6 is 0 Å². The van der Waals surface area contributed by atoms with E-state index in [2.05, 4.69) is 46.8 Å². The number of esters is 1. The van der Waals surface area contributed by atoms with Crippen molar-refractivity contribution in [1.82, 2.24) is 0 Å². The molecule has 5 aliphatic rings. The van der Waals surface area contributed by atoms with Gasteiger partial charge in [-0.15, -0.1) is 0 Å². The van der Waals surface area contributed by atoms with Gasteiger partial charge in [0.15, 0.2) is 5.78 Å². The molecule has 3 saturated carbocycles. The Morgan fingerprint density at radius 2 is 1.58 bits per heavy atom. The second-order valence-electron chi connectivity index (χ2n) is 13.9. The Morgan fingerprint density at radius 1 is 0.917 bits per heavy atom. The Kier molecular flexibility index (Phi) is 5.51. The summed E-state index contributed by atoms with van der Waals surface area (Å²) in [5.41, 5.74) is 1.72. The molecular weight excluding hydrogens is 452 g/mol. The number of carbonyl (C=O) groups is 2. The van der Waals surface area contributed by atoms with Gasteiger partial charge in [-0.05, 0) is 98.2 Å². The highest BCUT2D eigenvalue weighted by Gasteiger charge is 2.68. The number of allylic oxidation sites excluding steroid dienone is 3. The third kappa shape index (κ3) is 2.96. The zero-order valence-corrected chi connectivity index (χ0v) is 23.4. The average Bonchev–Trinajstić information content (AvgIpc) is 2.85. The first kappa shape index (κ1) is 25.9. The molecule has 0 radical (unpaired) electrons. The maximum Gasteiger partial charge on any atom is 0.311 e. The molecule has 3 fully saturated rings. The van der Waals surface area contributed by atoms with Crippen LogP contribution in [0.5, 0.6) is 0 Å². The van der Waals surface area contributed by atoms with Crippen molar-refractivity contribution in [3.8, 4) is 0 Å². The number of ketones is 1. The van der Waals surface area contributed by atoms with Gasteiger partial charge in [0.25, 0.3) is 0 Å². The lowest BCUT2D eigenvalue weighted by molar-refractivity contribution is -0.180. The summed E-state index contributed by atoms with van der Waals surface area (Å²) in [5.74, 6) is 0.0593. The molecule has 0 bridgehead atoms. The van der Waals surface area contributed by atoms with Crippen LogP contribution in [0.2, 0.25) is 0 Å². The first-order valence-electron chi connectivity index (χ1n) is 13.7. The number of hydrogen-bond donors (Lipinski definition) is 1. The molecule has 198 valence electrons. The normalized spacial score (nSPS) is 49.9. The second-order valence-corrected chi connectivity index (χ2v) is 13.9. The third-order valence-electron chi connectivity index (χ3n) is 12.3. The van der Waals surface area contributed by atoms with Crippen LogP contribution in [0.1, 0.15) is 86.5 Å². The summed E-state index contributed by atoms with van der Waals surface area (Å²) in [6.07, 6.45) is 11.9. The Bertz CT molecular complexity index is 1120. The van der Waals surface area contributed by atoms with E-state index in [1.807, 2.05) is 6.92 Å². The number of carbonyl (C=O) groups excluding carboxylic acids is 2. The van der Waals surface area contributed by atoms with Crippen LogP contribution in [0.15, 0.2) is 34.9 Å². The fourth-order valence-electron chi connectivity index (χ4n) is 9.34. The molecule has 1 unspecified atom stereocenters. The molecule has 0 aromatic heterocycles. The lowest BCUT2D eigenvalue weighted by Crippen LogP contribution is -2.63. The van der Waals surface area contributed by atoms with Crippen molar-refractivity contribution >= 4 is 11.8 Å². The Hall–Kier alpha value is -1.72. The number of rotatable bonds is 2. The zero-order valence-electron chi connectivity index (χ0n) is 23.4. The lowest BCUT2D eigenvalue weighted by atomic mass is 9.34. The van der Waals surface area contributed by atoms with Crippen LogP contribution in [-0.2, 0) is 19.1 Å². The van der Waals surface area contributed by atoms with Gasteiger partial charge in [0.05, 0.1) is 12.5 Å². The summed E-state index contributed by atoms with van der Waals surface area (Å²) in [6.45, 7) is 13.6. The van der Waals surface area contributed by atoms with Crippen molar-refractivity contribution in [1.29, 1.82) is 0 Å². The van der Waals surface area contributed by atoms with Gasteiger partial charge in [-0.2, -0.15) is 0 Å². The largest absolute Gasteiger partial charge is 0.469 e. The van der Waals surface area contributed by atoms with Crippen LogP contribution in [-0.4, -0.2) is 42.8 Å². The predicted molar refractivity (Wildman–Crippen MR) is 139 cm³/mol. The molecular formula is C31H44O5. The number of ether oxygens (including phenoxy) is 2. The first-order chi connectivity index (χ1) is 16.7. The minimum absolute atomic E-state index is 0.0235. The molecule has 0 aromatic carbocycles. The molecule has 0 saturated heterocycles. The Morgan fingerprint density at radius 3 is 2.22 bits per heavy atom. The van der Waals surface area contributed by atoms with E-state index in [0.717, 1.165) is 56.1 Å². The maximum atomic E-state index is 13.0. The van der Waals surface area contributed by atoms with Gasteiger partial charge in [-0.25, -0.2) is 0 Å². The molecule has 5 heteroatoms. The van der Waals surface area contributed by atoms with Crippen LogP contribution in [0.25, 0.3) is 0 Å². The number of methoxy groups -OCH3 is 2. The summed E-state index contributed by atoms with van der Waals surface area (Å²) in [4.78, 5) is 25.8. The standard InChI is InChI=1S/C31H44O5/c1-26-11-12-27(2,25(34)35-7)18-23(26)30(5)16-14-28(3)20-17-21(32)24(33)31(6,36-8)19(20)9-10-22(28)29(30,4)15-13-26/h9-10,17,23-24,33H,11-16,18H2,1-8H3/t23-,24?,26-,27-,28+,29-,30+,31+/m1/s1. The van der Waals surface area contributed by atoms with Gasteiger partial charge in [-0.1, -0.05) is 45.4 Å². The zero-order chi connectivity index (χ0) is 26.5. The van der Waals surface area contributed by atoms with E-state index in [9.17, 15) is 14.7 Å². The minimum atomic E-state index is -1.20. The van der Waals surface area contributed by atoms with Gasteiger partial charge in [-0.3, -0.25) is 9.59 Å². The molecule has 5 nitrogen and oxygen atoms in total. The molecule has 0 aliphatic heterocycles. The van der Waals surface area contributed by atoms with Crippen molar-refractivity contribution in [2.75, 3.05) is 14.2 Å². The highest BCUT2D eigenvalue weighted by molar-refractivity contribution is 5.99. The highest BCUT2D eigenvalue weighted by Crippen LogP contribution is 2.75. The summed E-state index contributed by atoms with van der Waals surface area (Å²) in [7, 11) is 3.09. The smallest absolute Gasteiger partial charge is 0.311 e. The topological polar surface area (TPSA) is 72.8 Å². The molecule has 8 atom stereocenters. The van der Waals surface area contributed by atoms with Gasteiger partial charge in [0.1, 0.15) is 11.7 Å². The van der Waals surface area contributed by atoms with Crippen molar-refractivity contribution in [2.24, 2.45) is 33.0 Å². The summed E-state index contributed by atoms with van der Waals surface area (Å²) < 4.78 is 11.1. The van der Waals surface area contributed by atoms with Crippen LogP contribution in [0.4, 0.5) is 0 Å². The van der Waals surface area contributed by atoms with Gasteiger partial charge < -0.3 is 14.6 Å². The van der Waals surface area contributed by atoms with E-state index in [4.69, 9.17) is 9.47 Å². The number of fused-ring (bicyclic) bond motifs is 7. The number of aliphatic hydroxyl groups is 1. The van der Waals surface area contributed by atoms with Gasteiger partial charge in [0.2, 0.25) is 0 Å². The molecule has 0 heterocycles. The number of aliphatic hydroxyl groups excluding tert-OH is 1. The van der Waals surface area contributed by atoms with E-state index in [1.54, 1.807) is 13.2 Å². The lowest BCUT2D eigenvalue weighted by Gasteiger charge is -2.70. The van der Waals surface area contributed by atoms with E-state index >= 15 is 0 Å². The van der Waals surface area contributed by atoms with Crippen molar-refractivity contribution in [2.45, 2.75) is 98.2 Å². The fraction of sp³-hybridized carbons (Fsp3) is 0.742. The van der Waals surface area contributed by atoms with E-state index in [0.29, 0.717) is 5.92 Å². The van der Waals surface area contributed by atoms with Crippen LogP contribution < -0.4 is 0 Å². The van der Waals surface area contributed by atoms with Gasteiger partial charge >= 0.3 is 5.97 Å². The second kappa shape index (κ2) is 7.66. The first-order valence-corrected chi connectivity index (χ1v) is 13.7. The summed E-state index contributed by atoms with van der Waals surface area (Å²) in [6, 6.07) is 0. The monoisotopic (exact) mass is 496 g/mol. The van der Waals surface area contributed by atoms with Crippen LogP contribution in [0, 0.1) is 33.0 Å². The predicted octanol–water partition coefficient (Wildman–Crippen LogP) is 5.72. The molecule has 36 heavy (non-hydrogen) atoms. The molecule has 1 N–H and O–H groups in total. The number of hydrogen-bond acceptors (Lipinski definition) is 5. The average molecular weight is 497 g/mol. The van der Waals surface area contributed by atoms with E-state index in [-0.39, 0.29) is 33.4 Å². The summed E-state index contributed by atoms with van der Waals surface area (Å²) in [5, 5.41) is 10.7. The molecule has 0 spiro atoms. The van der Waals surface area contributed by atoms with Gasteiger partial charge in [0, 0.05) is 12.5 Å². The van der Waals surface area contributed by atoms with E-state index in [1.165, 1.54) is 12.7 Å². The van der Waals surface area contributed by atoms with Crippen molar-refractivity contribution in [3.63, 3.8) is 0 Å². The SMILES string of the molecule is COC(=O)[C@]1(C)CC[C@]2(C)CC[C@]3(C)C4=CC=C5C(=CC(=O)C(O)[C@@]5(C)OC)[C@]4(C)CC[C@@]3(C)[C@@H]2C1. The molecule has 5 rings (SSSR count). The van der Waals surface area contributed by atoms with E-state index < -0.39 is 17.1 Å². The summed E-state index contributed by atoms with van der Waals surface area (Å²) >= 11 is 0. The highest BCUT2D eigenvalue weighted by atomic mass is 16.5. The fourth-order valence-corrected chi connectivity index (χ4v) is 9.34. The van der Waals surface area contributed by atoms with Crippen molar-refractivity contribution < 1.29 is 24.2 Å². The molecule has 0 aromatic rings. The molecule has 5 aliphatic carbocycles. The van der Waals surface area contributed by atoms with Crippen molar-refractivity contribution in [3.05, 3.63) is 34.9 Å². The maximum absolute atomic E-state index is 13.0. The Balaban J connectivity index is 1.64. The third-order valence-corrected chi connectivity index (χ3v) is 12.3. The Labute approximate surface area is 216 Å². The molecule has 0 amide bonds. The quantitative estimate of drug-likeness (QED) is 0.495. The minimum Gasteiger partial charge on any atom is -0.469 e. The van der Waals surface area contributed by atoms with Crippen LogP contribution in [0.3, 0.4) is 0 Å².